The lowest BCUT2D eigenvalue weighted by molar-refractivity contribution is -0.129. The number of hydrogen-bond donors (Lipinski definition) is 5. The van der Waals surface area contributed by atoms with Crippen molar-refractivity contribution in [3.05, 3.63) is 0 Å². The number of hydrogen-bond acceptors (Lipinski definition) is 4. The Kier molecular flexibility index (Phi) is 7.50. The lowest BCUT2D eigenvalue weighted by Gasteiger charge is -2.19. The van der Waals surface area contributed by atoms with E-state index >= 15 is 0 Å². The number of carboxylic acid groups (broad SMARTS) is 1. The molecule has 0 rings (SSSR count). The topological polar surface area (TPSA) is 134 Å². The molecule has 0 unspecified atom stereocenters. The standard InChI is InChI=1S/C11H22N4O4/c1-6(2)8(12)10(17)15-7(3)9(16)13-4-5-14-11(18)19/h6-8,14H,4-5,12H2,1-3H3,(H,13,16)(H,15,17)(H,18,19)/t7-,8-/m0/s1. The number of carbonyl (C=O) groups is 3. The second kappa shape index (κ2) is 8.30. The van der Waals surface area contributed by atoms with Crippen molar-refractivity contribution in [2.45, 2.75) is 32.9 Å². The molecule has 110 valence electrons. The molecule has 6 N–H and O–H groups in total. The molecule has 0 radical (unpaired) electrons. The van der Waals surface area contributed by atoms with Gasteiger partial charge in [0.05, 0.1) is 6.04 Å². The second-order valence-corrected chi connectivity index (χ2v) is 4.52. The Labute approximate surface area is 112 Å². The van der Waals surface area contributed by atoms with Gasteiger partial charge >= 0.3 is 6.09 Å². The summed E-state index contributed by atoms with van der Waals surface area (Å²) in [5.74, 6) is -0.798. The maximum Gasteiger partial charge on any atom is 0.404 e. The molecule has 0 aliphatic rings. The summed E-state index contributed by atoms with van der Waals surface area (Å²) in [7, 11) is 0. The number of amides is 3. The van der Waals surface area contributed by atoms with E-state index in [1.54, 1.807) is 0 Å². The van der Waals surface area contributed by atoms with Gasteiger partial charge in [-0.25, -0.2) is 4.79 Å². The lowest BCUT2D eigenvalue weighted by atomic mass is 10.0. The van der Waals surface area contributed by atoms with Crippen molar-refractivity contribution in [2.75, 3.05) is 13.1 Å². The summed E-state index contributed by atoms with van der Waals surface area (Å²) in [6.07, 6.45) is -1.15. The molecule has 0 fully saturated rings. The van der Waals surface area contributed by atoms with Crippen molar-refractivity contribution in [2.24, 2.45) is 11.7 Å². The Morgan fingerprint density at radius 3 is 2.05 bits per heavy atom. The third kappa shape index (κ3) is 7.24. The minimum Gasteiger partial charge on any atom is -0.465 e. The Balaban J connectivity index is 4.00. The first-order valence-electron chi connectivity index (χ1n) is 6.06. The van der Waals surface area contributed by atoms with Crippen LogP contribution < -0.4 is 21.7 Å². The molecule has 0 aliphatic heterocycles. The van der Waals surface area contributed by atoms with Crippen molar-refractivity contribution < 1.29 is 19.5 Å². The normalized spacial score (nSPS) is 13.5. The summed E-state index contributed by atoms with van der Waals surface area (Å²) in [6.45, 7) is 5.42. The van der Waals surface area contributed by atoms with E-state index in [9.17, 15) is 14.4 Å². The van der Waals surface area contributed by atoms with Gasteiger partial charge in [0.2, 0.25) is 11.8 Å². The van der Waals surface area contributed by atoms with Crippen LogP contribution in [0, 0.1) is 5.92 Å². The summed E-state index contributed by atoms with van der Waals surface area (Å²) in [6, 6.07) is -1.38. The van der Waals surface area contributed by atoms with E-state index < -0.39 is 24.1 Å². The van der Waals surface area contributed by atoms with Crippen LogP contribution in [0.2, 0.25) is 0 Å². The lowest BCUT2D eigenvalue weighted by Crippen LogP contribution is -2.52. The van der Waals surface area contributed by atoms with Gasteiger partial charge in [-0.1, -0.05) is 13.8 Å². The molecule has 0 aromatic carbocycles. The number of nitrogens with two attached hydrogens (primary N) is 1. The van der Waals surface area contributed by atoms with Crippen LogP contribution in [-0.4, -0.2) is 48.2 Å². The van der Waals surface area contributed by atoms with Crippen molar-refractivity contribution in [1.29, 1.82) is 0 Å². The average Bonchev–Trinajstić information content (AvgIpc) is 2.32. The molecule has 8 heteroatoms. The zero-order valence-electron chi connectivity index (χ0n) is 11.4. The average molecular weight is 274 g/mol. The smallest absolute Gasteiger partial charge is 0.404 e. The van der Waals surface area contributed by atoms with Gasteiger partial charge in [-0.2, -0.15) is 0 Å². The van der Waals surface area contributed by atoms with Gasteiger partial charge < -0.3 is 26.8 Å². The maximum atomic E-state index is 11.6. The van der Waals surface area contributed by atoms with Crippen molar-refractivity contribution in [1.82, 2.24) is 16.0 Å². The van der Waals surface area contributed by atoms with Crippen LogP contribution >= 0.6 is 0 Å². The van der Waals surface area contributed by atoms with Crippen molar-refractivity contribution in [3.8, 4) is 0 Å². The van der Waals surface area contributed by atoms with E-state index in [1.807, 2.05) is 13.8 Å². The SMILES string of the molecule is CC(C)[C@H](N)C(=O)N[C@@H](C)C(=O)NCCNC(=O)O. The Hall–Kier alpha value is -1.83. The minimum atomic E-state index is -1.15. The largest absolute Gasteiger partial charge is 0.465 e. The fourth-order valence-electron chi connectivity index (χ4n) is 1.19. The number of nitrogens with one attached hydrogen (secondary N) is 3. The Bertz CT molecular complexity index is 333. The molecule has 0 saturated heterocycles. The van der Waals surface area contributed by atoms with Gasteiger partial charge in [-0.05, 0) is 12.8 Å². The molecule has 0 heterocycles. The van der Waals surface area contributed by atoms with Gasteiger partial charge in [0, 0.05) is 13.1 Å². The fourth-order valence-corrected chi connectivity index (χ4v) is 1.19. The zero-order chi connectivity index (χ0) is 15.0. The van der Waals surface area contributed by atoms with Gasteiger partial charge in [0.15, 0.2) is 0 Å². The van der Waals surface area contributed by atoms with Gasteiger partial charge in [-0.15, -0.1) is 0 Å². The predicted molar refractivity (Wildman–Crippen MR) is 69.5 cm³/mol. The molecular formula is C11H22N4O4. The van der Waals surface area contributed by atoms with Crippen LogP contribution in [0.4, 0.5) is 4.79 Å². The molecule has 19 heavy (non-hydrogen) atoms. The first kappa shape index (κ1) is 17.2. The van der Waals surface area contributed by atoms with Crippen LogP contribution in [0.1, 0.15) is 20.8 Å². The van der Waals surface area contributed by atoms with Crippen molar-refractivity contribution >= 4 is 17.9 Å². The summed E-state index contributed by atoms with van der Waals surface area (Å²) in [4.78, 5) is 33.4. The molecular weight excluding hydrogens is 252 g/mol. The highest BCUT2D eigenvalue weighted by Gasteiger charge is 2.21. The summed E-state index contributed by atoms with van der Waals surface area (Å²) < 4.78 is 0. The third-order valence-corrected chi connectivity index (χ3v) is 2.47. The van der Waals surface area contributed by atoms with Crippen LogP contribution in [0.15, 0.2) is 0 Å². The summed E-state index contributed by atoms with van der Waals surface area (Å²) in [5, 5.41) is 15.4. The third-order valence-electron chi connectivity index (χ3n) is 2.47. The number of carbonyl (C=O) groups excluding carboxylic acids is 2. The van der Waals surface area contributed by atoms with Gasteiger partial charge in [0.25, 0.3) is 0 Å². The summed E-state index contributed by atoms with van der Waals surface area (Å²) >= 11 is 0. The molecule has 2 atom stereocenters. The van der Waals surface area contributed by atoms with E-state index in [0.717, 1.165) is 0 Å². The molecule has 0 bridgehead atoms. The fraction of sp³-hybridized carbons (Fsp3) is 0.727. The Morgan fingerprint density at radius 2 is 1.58 bits per heavy atom. The number of rotatable bonds is 7. The quantitative estimate of drug-likeness (QED) is 0.374. The minimum absolute atomic E-state index is 0.0185. The highest BCUT2D eigenvalue weighted by Crippen LogP contribution is 1.98. The monoisotopic (exact) mass is 274 g/mol. The van der Waals surface area contributed by atoms with Crippen LogP contribution in [-0.2, 0) is 9.59 Å². The molecule has 0 spiro atoms. The molecule has 0 aliphatic carbocycles. The van der Waals surface area contributed by atoms with Crippen LogP contribution in [0.3, 0.4) is 0 Å². The highest BCUT2D eigenvalue weighted by atomic mass is 16.4. The highest BCUT2D eigenvalue weighted by molar-refractivity contribution is 5.89. The van der Waals surface area contributed by atoms with E-state index in [0.29, 0.717) is 0 Å². The second-order valence-electron chi connectivity index (χ2n) is 4.52. The summed E-state index contributed by atoms with van der Waals surface area (Å²) in [5.41, 5.74) is 5.64. The van der Waals surface area contributed by atoms with E-state index in [1.165, 1.54) is 6.92 Å². The van der Waals surface area contributed by atoms with Gasteiger partial charge in [-0.3, -0.25) is 9.59 Å². The maximum absolute atomic E-state index is 11.6. The Morgan fingerprint density at radius 1 is 1.05 bits per heavy atom. The molecule has 0 saturated carbocycles. The molecule has 0 aromatic heterocycles. The molecule has 8 nitrogen and oxygen atoms in total. The van der Waals surface area contributed by atoms with Crippen LogP contribution in [0.25, 0.3) is 0 Å². The first-order chi connectivity index (χ1) is 8.75. The zero-order valence-corrected chi connectivity index (χ0v) is 11.4. The van der Waals surface area contributed by atoms with E-state index in [4.69, 9.17) is 10.8 Å². The van der Waals surface area contributed by atoms with Crippen molar-refractivity contribution in [3.63, 3.8) is 0 Å². The first-order valence-corrected chi connectivity index (χ1v) is 6.06. The van der Waals surface area contributed by atoms with Crippen LogP contribution in [0.5, 0.6) is 0 Å². The predicted octanol–water partition coefficient (Wildman–Crippen LogP) is -1.14. The van der Waals surface area contributed by atoms with E-state index in [-0.39, 0.29) is 24.9 Å². The van der Waals surface area contributed by atoms with E-state index in [2.05, 4.69) is 16.0 Å². The van der Waals surface area contributed by atoms with Gasteiger partial charge in [0.1, 0.15) is 6.04 Å². The molecule has 0 aromatic rings. The molecule has 3 amide bonds.